The third-order valence-corrected chi connectivity index (χ3v) is 6.08. The minimum atomic E-state index is -0.585. The highest BCUT2D eigenvalue weighted by atomic mass is 16.5. The van der Waals surface area contributed by atoms with Gasteiger partial charge in [0.1, 0.15) is 11.4 Å². The molecule has 1 amide bonds. The first kappa shape index (κ1) is 18.6. The molecule has 2 heterocycles. The standard InChI is InChI=1S/C26H23NO3/c28-23-17-26(30-24-9-5-4-8-22(23)24)14-15-27(18-26)25(29)16-19-10-12-21(13-11-19)20-6-2-1-3-7-20/h1-13H,14-18H2. The summed E-state index contributed by atoms with van der Waals surface area (Å²) >= 11 is 0. The van der Waals surface area contributed by atoms with Gasteiger partial charge < -0.3 is 9.64 Å². The molecule has 1 unspecified atom stereocenters. The van der Waals surface area contributed by atoms with Gasteiger partial charge in [0.25, 0.3) is 0 Å². The van der Waals surface area contributed by atoms with Crippen LogP contribution in [0.1, 0.15) is 28.8 Å². The Balaban J connectivity index is 1.25. The first-order valence-electron chi connectivity index (χ1n) is 10.4. The number of hydrogen-bond donors (Lipinski definition) is 0. The topological polar surface area (TPSA) is 46.6 Å². The zero-order valence-corrected chi connectivity index (χ0v) is 16.7. The van der Waals surface area contributed by atoms with Crippen molar-refractivity contribution in [3.8, 4) is 16.9 Å². The lowest BCUT2D eigenvalue weighted by atomic mass is 9.89. The van der Waals surface area contributed by atoms with Crippen molar-refractivity contribution in [3.05, 3.63) is 90.0 Å². The van der Waals surface area contributed by atoms with Gasteiger partial charge in [-0.05, 0) is 28.8 Å². The second-order valence-corrected chi connectivity index (χ2v) is 8.19. The number of Topliss-reactive ketones (excluding diaryl/α,β-unsaturated/α-hetero) is 1. The van der Waals surface area contributed by atoms with Gasteiger partial charge >= 0.3 is 0 Å². The van der Waals surface area contributed by atoms with Crippen LogP contribution in [-0.4, -0.2) is 35.3 Å². The van der Waals surface area contributed by atoms with Gasteiger partial charge in [-0.1, -0.05) is 66.7 Å². The number of nitrogens with zero attached hydrogens (tertiary/aromatic N) is 1. The summed E-state index contributed by atoms with van der Waals surface area (Å²) in [5.74, 6) is 0.816. The second kappa shape index (κ2) is 7.45. The van der Waals surface area contributed by atoms with E-state index in [-0.39, 0.29) is 11.7 Å². The summed E-state index contributed by atoms with van der Waals surface area (Å²) in [6.45, 7) is 1.09. The van der Waals surface area contributed by atoms with Crippen molar-refractivity contribution in [2.45, 2.75) is 24.9 Å². The number of likely N-dealkylation sites (tertiary alicyclic amines) is 1. The molecule has 1 fully saturated rings. The van der Waals surface area contributed by atoms with Crippen LogP contribution in [0.15, 0.2) is 78.9 Å². The van der Waals surface area contributed by atoms with Crippen LogP contribution in [0, 0.1) is 0 Å². The molecule has 5 rings (SSSR count). The van der Waals surface area contributed by atoms with E-state index in [2.05, 4.69) is 24.3 Å². The summed E-state index contributed by atoms with van der Waals surface area (Å²) in [5, 5.41) is 0. The fourth-order valence-electron chi connectivity index (χ4n) is 4.46. The molecule has 2 aliphatic heterocycles. The third kappa shape index (κ3) is 3.50. The van der Waals surface area contributed by atoms with Gasteiger partial charge in [-0.15, -0.1) is 0 Å². The van der Waals surface area contributed by atoms with Crippen LogP contribution < -0.4 is 4.74 Å². The Labute approximate surface area is 176 Å². The van der Waals surface area contributed by atoms with E-state index in [4.69, 9.17) is 4.74 Å². The highest BCUT2D eigenvalue weighted by Crippen LogP contribution is 2.38. The van der Waals surface area contributed by atoms with E-state index in [1.54, 1.807) is 0 Å². The Morgan fingerprint density at radius 3 is 2.40 bits per heavy atom. The first-order chi connectivity index (χ1) is 14.6. The number of benzene rings is 3. The van der Waals surface area contributed by atoms with E-state index in [1.807, 2.05) is 59.5 Å². The Bertz CT molecular complexity index is 1090. The molecule has 0 radical (unpaired) electrons. The summed E-state index contributed by atoms with van der Waals surface area (Å²) in [6.07, 6.45) is 1.38. The monoisotopic (exact) mass is 397 g/mol. The number of ketones is 1. The van der Waals surface area contributed by atoms with Gasteiger partial charge in [-0.25, -0.2) is 0 Å². The Morgan fingerprint density at radius 1 is 0.900 bits per heavy atom. The van der Waals surface area contributed by atoms with Crippen molar-refractivity contribution in [2.75, 3.05) is 13.1 Å². The van der Waals surface area contributed by atoms with Crippen LogP contribution in [0.3, 0.4) is 0 Å². The average molecular weight is 397 g/mol. The summed E-state index contributed by atoms with van der Waals surface area (Å²) in [5.41, 5.74) is 3.35. The van der Waals surface area contributed by atoms with Crippen LogP contribution in [0.25, 0.3) is 11.1 Å². The number of fused-ring (bicyclic) bond motifs is 1. The molecule has 0 aliphatic carbocycles. The van der Waals surface area contributed by atoms with E-state index in [0.29, 0.717) is 43.7 Å². The maximum atomic E-state index is 12.9. The van der Waals surface area contributed by atoms with E-state index in [0.717, 1.165) is 16.7 Å². The molecule has 1 spiro atoms. The molecule has 0 N–H and O–H groups in total. The number of carbonyl (C=O) groups excluding carboxylic acids is 2. The summed E-state index contributed by atoms with van der Waals surface area (Å²) in [7, 11) is 0. The van der Waals surface area contributed by atoms with Crippen molar-refractivity contribution in [3.63, 3.8) is 0 Å². The molecule has 1 atom stereocenters. The molecule has 0 aromatic heterocycles. The molecule has 0 saturated carbocycles. The fourth-order valence-corrected chi connectivity index (χ4v) is 4.46. The Hall–Kier alpha value is -3.40. The van der Waals surface area contributed by atoms with Crippen molar-refractivity contribution < 1.29 is 14.3 Å². The normalized spacial score (nSPS) is 20.1. The van der Waals surface area contributed by atoms with Crippen molar-refractivity contribution in [2.24, 2.45) is 0 Å². The van der Waals surface area contributed by atoms with Crippen LogP contribution in [0.4, 0.5) is 0 Å². The van der Waals surface area contributed by atoms with Crippen LogP contribution in [-0.2, 0) is 11.2 Å². The summed E-state index contributed by atoms with van der Waals surface area (Å²) in [6, 6.07) is 25.7. The predicted molar refractivity (Wildman–Crippen MR) is 116 cm³/mol. The number of para-hydroxylation sites is 1. The van der Waals surface area contributed by atoms with Crippen LogP contribution in [0.5, 0.6) is 5.75 Å². The van der Waals surface area contributed by atoms with Crippen LogP contribution in [0.2, 0.25) is 0 Å². The zero-order chi connectivity index (χ0) is 20.6. The number of ether oxygens (including phenoxy) is 1. The maximum Gasteiger partial charge on any atom is 0.227 e. The molecule has 2 aliphatic rings. The largest absolute Gasteiger partial charge is 0.484 e. The van der Waals surface area contributed by atoms with Gasteiger partial charge in [0.05, 0.1) is 24.9 Å². The van der Waals surface area contributed by atoms with E-state index < -0.39 is 5.60 Å². The van der Waals surface area contributed by atoms with Crippen molar-refractivity contribution in [1.29, 1.82) is 0 Å². The first-order valence-corrected chi connectivity index (χ1v) is 10.4. The van der Waals surface area contributed by atoms with Gasteiger partial charge in [-0.3, -0.25) is 9.59 Å². The van der Waals surface area contributed by atoms with Crippen molar-refractivity contribution in [1.82, 2.24) is 4.90 Å². The molecule has 4 nitrogen and oxygen atoms in total. The molecule has 3 aromatic carbocycles. The maximum absolute atomic E-state index is 12.9. The Kier molecular flexibility index (Phi) is 4.62. The molecule has 4 heteroatoms. The minimum absolute atomic E-state index is 0.0780. The highest BCUT2D eigenvalue weighted by molar-refractivity contribution is 6.00. The molecular weight excluding hydrogens is 374 g/mol. The average Bonchev–Trinajstić information content (AvgIpc) is 3.18. The smallest absolute Gasteiger partial charge is 0.227 e. The highest BCUT2D eigenvalue weighted by Gasteiger charge is 2.46. The SMILES string of the molecule is O=C1CC2(CCN(C(=O)Cc3ccc(-c4ccccc4)cc3)C2)Oc2ccccc21. The lowest BCUT2D eigenvalue weighted by Crippen LogP contribution is -2.45. The van der Waals surface area contributed by atoms with E-state index >= 15 is 0 Å². The lowest BCUT2D eigenvalue weighted by Gasteiger charge is -2.34. The Morgan fingerprint density at radius 2 is 1.60 bits per heavy atom. The quantitative estimate of drug-likeness (QED) is 0.652. The van der Waals surface area contributed by atoms with E-state index in [1.165, 1.54) is 0 Å². The number of amides is 1. The third-order valence-electron chi connectivity index (χ3n) is 6.08. The summed E-state index contributed by atoms with van der Waals surface area (Å²) in [4.78, 5) is 27.3. The second-order valence-electron chi connectivity index (χ2n) is 8.19. The van der Waals surface area contributed by atoms with Crippen LogP contribution >= 0.6 is 0 Å². The number of hydrogen-bond acceptors (Lipinski definition) is 3. The van der Waals surface area contributed by atoms with Gasteiger partial charge in [0.2, 0.25) is 5.91 Å². The molecule has 30 heavy (non-hydrogen) atoms. The molecule has 1 saturated heterocycles. The molecule has 3 aromatic rings. The fraction of sp³-hybridized carbons (Fsp3) is 0.231. The molecule has 0 bridgehead atoms. The van der Waals surface area contributed by atoms with E-state index in [9.17, 15) is 9.59 Å². The minimum Gasteiger partial charge on any atom is -0.484 e. The van der Waals surface area contributed by atoms with Crippen molar-refractivity contribution >= 4 is 11.7 Å². The molecular formula is C26H23NO3. The summed E-state index contributed by atoms with van der Waals surface area (Å²) < 4.78 is 6.23. The lowest BCUT2D eigenvalue weighted by molar-refractivity contribution is -0.130. The van der Waals surface area contributed by atoms with Gasteiger partial charge in [0.15, 0.2) is 5.78 Å². The van der Waals surface area contributed by atoms with Gasteiger partial charge in [-0.2, -0.15) is 0 Å². The van der Waals surface area contributed by atoms with Gasteiger partial charge in [0, 0.05) is 13.0 Å². The zero-order valence-electron chi connectivity index (χ0n) is 16.7. The predicted octanol–water partition coefficient (Wildman–Crippen LogP) is 4.53. The number of carbonyl (C=O) groups is 2. The molecule has 150 valence electrons. The number of rotatable bonds is 3.